The van der Waals surface area contributed by atoms with Gasteiger partial charge >= 0.3 is 5.97 Å². The first kappa shape index (κ1) is 14.5. The Morgan fingerprint density at radius 3 is 2.70 bits per heavy atom. The number of furan rings is 1. The lowest BCUT2D eigenvalue weighted by Gasteiger charge is -2.28. The molecule has 1 heterocycles. The SMILES string of the molecule is Cc1ccc(C(C)N(CC(=O)O)c2cccc(Cl)c2)o1. The zero-order valence-electron chi connectivity index (χ0n) is 11.3. The zero-order valence-corrected chi connectivity index (χ0v) is 12.1. The van der Waals surface area contributed by atoms with Crippen LogP contribution < -0.4 is 4.90 Å². The van der Waals surface area contributed by atoms with Crippen LogP contribution in [0, 0.1) is 6.92 Å². The van der Waals surface area contributed by atoms with Crippen molar-refractivity contribution in [2.24, 2.45) is 0 Å². The molecule has 2 rings (SSSR count). The summed E-state index contributed by atoms with van der Waals surface area (Å²) in [5.74, 6) is 0.622. The molecule has 106 valence electrons. The highest BCUT2D eigenvalue weighted by Gasteiger charge is 2.21. The standard InChI is InChI=1S/C15H16ClNO3/c1-10-6-7-14(20-10)11(2)17(9-15(18)19)13-5-3-4-12(16)8-13/h3-8,11H,9H2,1-2H3,(H,18,19). The number of nitrogens with zero attached hydrogens (tertiary/aromatic N) is 1. The van der Waals surface area contributed by atoms with Gasteiger partial charge in [-0.2, -0.15) is 0 Å². The van der Waals surface area contributed by atoms with E-state index in [1.807, 2.05) is 32.0 Å². The van der Waals surface area contributed by atoms with Gasteiger partial charge in [-0.1, -0.05) is 17.7 Å². The minimum absolute atomic E-state index is 0.124. The summed E-state index contributed by atoms with van der Waals surface area (Å²) < 4.78 is 5.59. The molecule has 1 aromatic carbocycles. The average molecular weight is 294 g/mol. The molecule has 1 N–H and O–H groups in total. The number of aliphatic carboxylic acids is 1. The van der Waals surface area contributed by atoms with E-state index in [0.29, 0.717) is 5.02 Å². The fourth-order valence-electron chi connectivity index (χ4n) is 2.08. The largest absolute Gasteiger partial charge is 0.480 e. The molecule has 0 fully saturated rings. The predicted octanol–water partition coefficient (Wildman–Crippen LogP) is 3.89. The lowest BCUT2D eigenvalue weighted by Crippen LogP contribution is -2.32. The molecule has 0 bridgehead atoms. The summed E-state index contributed by atoms with van der Waals surface area (Å²) in [4.78, 5) is 12.8. The van der Waals surface area contributed by atoms with Gasteiger partial charge in [0.1, 0.15) is 18.1 Å². The molecule has 0 spiro atoms. The van der Waals surface area contributed by atoms with Crippen LogP contribution in [0.2, 0.25) is 5.02 Å². The molecule has 0 aliphatic heterocycles. The van der Waals surface area contributed by atoms with Crippen molar-refractivity contribution >= 4 is 23.3 Å². The summed E-state index contributed by atoms with van der Waals surface area (Å²) in [6, 6.07) is 10.7. The summed E-state index contributed by atoms with van der Waals surface area (Å²) >= 11 is 5.98. The van der Waals surface area contributed by atoms with Crippen LogP contribution in [-0.2, 0) is 4.79 Å². The molecule has 0 radical (unpaired) electrons. The number of anilines is 1. The molecule has 1 unspecified atom stereocenters. The molecule has 0 aliphatic carbocycles. The van der Waals surface area contributed by atoms with Crippen molar-refractivity contribution in [2.45, 2.75) is 19.9 Å². The quantitative estimate of drug-likeness (QED) is 0.908. The number of hydrogen-bond donors (Lipinski definition) is 1. The Bertz CT molecular complexity index is 609. The van der Waals surface area contributed by atoms with E-state index in [-0.39, 0.29) is 12.6 Å². The third-order valence-corrected chi connectivity index (χ3v) is 3.32. The molecule has 2 aromatic rings. The predicted molar refractivity (Wildman–Crippen MR) is 78.3 cm³/mol. The third kappa shape index (κ3) is 3.33. The third-order valence-electron chi connectivity index (χ3n) is 3.09. The molecular weight excluding hydrogens is 278 g/mol. The molecule has 5 heteroatoms. The van der Waals surface area contributed by atoms with Crippen LogP contribution in [-0.4, -0.2) is 17.6 Å². The van der Waals surface area contributed by atoms with E-state index in [1.54, 1.807) is 23.1 Å². The molecule has 1 atom stereocenters. The van der Waals surface area contributed by atoms with Crippen molar-refractivity contribution in [1.29, 1.82) is 0 Å². The van der Waals surface area contributed by atoms with Gasteiger partial charge in [0, 0.05) is 10.7 Å². The minimum atomic E-state index is -0.903. The molecule has 1 aromatic heterocycles. The molecule has 0 amide bonds. The Balaban J connectivity index is 2.34. The smallest absolute Gasteiger partial charge is 0.323 e. The van der Waals surface area contributed by atoms with Crippen molar-refractivity contribution in [3.8, 4) is 0 Å². The number of carboxylic acid groups (broad SMARTS) is 1. The first-order valence-corrected chi connectivity index (χ1v) is 6.65. The van der Waals surface area contributed by atoms with Crippen LogP contribution >= 0.6 is 11.6 Å². The normalized spacial score (nSPS) is 12.2. The maximum atomic E-state index is 11.1. The van der Waals surface area contributed by atoms with Crippen LogP contribution in [0.25, 0.3) is 0 Å². The van der Waals surface area contributed by atoms with E-state index < -0.39 is 5.97 Å². The van der Waals surface area contributed by atoms with Gasteiger partial charge in [0.05, 0.1) is 6.04 Å². The van der Waals surface area contributed by atoms with Gasteiger partial charge < -0.3 is 14.4 Å². The Morgan fingerprint density at radius 1 is 1.40 bits per heavy atom. The summed E-state index contributed by atoms with van der Waals surface area (Å²) in [5.41, 5.74) is 0.751. The van der Waals surface area contributed by atoms with Crippen molar-refractivity contribution in [3.05, 3.63) is 52.9 Å². The summed E-state index contributed by atoms with van der Waals surface area (Å²) in [6.45, 7) is 3.64. The van der Waals surface area contributed by atoms with E-state index >= 15 is 0 Å². The van der Waals surface area contributed by atoms with Crippen LogP contribution in [0.15, 0.2) is 40.8 Å². The highest BCUT2D eigenvalue weighted by molar-refractivity contribution is 6.30. The average Bonchev–Trinajstić information content (AvgIpc) is 2.81. The van der Waals surface area contributed by atoms with Gasteiger partial charge in [-0.3, -0.25) is 4.79 Å². The number of rotatable bonds is 5. The first-order chi connectivity index (χ1) is 9.47. The van der Waals surface area contributed by atoms with Gasteiger partial charge in [-0.05, 0) is 44.2 Å². The maximum absolute atomic E-state index is 11.1. The fraction of sp³-hybridized carbons (Fsp3) is 0.267. The van der Waals surface area contributed by atoms with Crippen molar-refractivity contribution in [3.63, 3.8) is 0 Å². The summed E-state index contributed by atoms with van der Waals surface area (Å²) in [6.07, 6.45) is 0. The van der Waals surface area contributed by atoms with Crippen molar-refractivity contribution in [1.82, 2.24) is 0 Å². The molecular formula is C15H16ClNO3. The number of hydrogen-bond acceptors (Lipinski definition) is 3. The highest BCUT2D eigenvalue weighted by atomic mass is 35.5. The summed E-state index contributed by atoms with van der Waals surface area (Å²) in [7, 11) is 0. The Kier molecular flexibility index (Phi) is 4.35. The highest BCUT2D eigenvalue weighted by Crippen LogP contribution is 2.29. The minimum Gasteiger partial charge on any atom is -0.480 e. The lowest BCUT2D eigenvalue weighted by atomic mass is 10.2. The van der Waals surface area contributed by atoms with Crippen molar-refractivity contribution < 1.29 is 14.3 Å². The van der Waals surface area contributed by atoms with Crippen LogP contribution in [0.5, 0.6) is 0 Å². The van der Waals surface area contributed by atoms with Gasteiger partial charge in [-0.15, -0.1) is 0 Å². The van der Waals surface area contributed by atoms with E-state index in [4.69, 9.17) is 21.1 Å². The number of halogens is 1. The summed E-state index contributed by atoms with van der Waals surface area (Å²) in [5, 5.41) is 9.68. The van der Waals surface area contributed by atoms with Crippen LogP contribution in [0.3, 0.4) is 0 Å². The van der Waals surface area contributed by atoms with E-state index in [2.05, 4.69) is 0 Å². The monoisotopic (exact) mass is 293 g/mol. The fourth-order valence-corrected chi connectivity index (χ4v) is 2.27. The van der Waals surface area contributed by atoms with E-state index in [9.17, 15) is 4.79 Å². The second-order valence-electron chi connectivity index (χ2n) is 4.63. The second-order valence-corrected chi connectivity index (χ2v) is 5.06. The first-order valence-electron chi connectivity index (χ1n) is 6.27. The van der Waals surface area contributed by atoms with E-state index in [1.165, 1.54) is 0 Å². The Morgan fingerprint density at radius 2 is 2.15 bits per heavy atom. The zero-order chi connectivity index (χ0) is 14.7. The molecule has 0 aliphatic rings. The molecule has 20 heavy (non-hydrogen) atoms. The lowest BCUT2D eigenvalue weighted by molar-refractivity contribution is -0.135. The molecule has 0 saturated carbocycles. The Labute approximate surface area is 122 Å². The van der Waals surface area contributed by atoms with Crippen LogP contribution in [0.4, 0.5) is 5.69 Å². The van der Waals surface area contributed by atoms with E-state index in [0.717, 1.165) is 17.2 Å². The van der Waals surface area contributed by atoms with Crippen LogP contribution in [0.1, 0.15) is 24.5 Å². The van der Waals surface area contributed by atoms with Gasteiger partial charge in [-0.25, -0.2) is 0 Å². The van der Waals surface area contributed by atoms with Gasteiger partial charge in [0.2, 0.25) is 0 Å². The van der Waals surface area contributed by atoms with Gasteiger partial charge in [0.15, 0.2) is 0 Å². The second kappa shape index (κ2) is 6.01. The van der Waals surface area contributed by atoms with Gasteiger partial charge in [0.25, 0.3) is 0 Å². The number of carboxylic acids is 1. The maximum Gasteiger partial charge on any atom is 0.323 e. The van der Waals surface area contributed by atoms with Crippen molar-refractivity contribution in [2.75, 3.05) is 11.4 Å². The topological polar surface area (TPSA) is 53.7 Å². The number of aryl methyl sites for hydroxylation is 1. The molecule has 4 nitrogen and oxygen atoms in total. The Hall–Kier alpha value is -1.94. The number of carbonyl (C=O) groups is 1. The number of benzene rings is 1. The molecule has 0 saturated heterocycles.